The summed E-state index contributed by atoms with van der Waals surface area (Å²) in [5, 5.41) is 36.8. The van der Waals surface area contributed by atoms with Gasteiger partial charge >= 0.3 is 0 Å². The van der Waals surface area contributed by atoms with Crippen molar-refractivity contribution in [2.45, 2.75) is 27.7 Å². The highest BCUT2D eigenvalue weighted by Crippen LogP contribution is 2.31. The number of hydrogen-bond donors (Lipinski definition) is 2. The van der Waals surface area contributed by atoms with Gasteiger partial charge in [0.05, 0.1) is 22.7 Å². The number of phenols is 2. The van der Waals surface area contributed by atoms with E-state index in [1.165, 1.54) is 0 Å². The molecule has 0 fully saturated rings. The van der Waals surface area contributed by atoms with E-state index in [9.17, 15) is 10.2 Å². The highest BCUT2D eigenvalue weighted by atomic mass is 16.5. The third-order valence-corrected chi connectivity index (χ3v) is 5.42. The Balaban J connectivity index is 1.38. The van der Waals surface area contributed by atoms with E-state index in [4.69, 9.17) is 4.74 Å². The third-order valence-electron chi connectivity index (χ3n) is 5.42. The molecule has 0 atom stereocenters. The van der Waals surface area contributed by atoms with E-state index in [-0.39, 0.29) is 11.5 Å². The molecule has 4 aromatic rings. The van der Waals surface area contributed by atoms with Gasteiger partial charge in [0, 0.05) is 0 Å². The molecule has 0 aliphatic rings. The fraction of sp³-hybridized carbons (Fsp3) is 0.143. The van der Waals surface area contributed by atoms with Crippen molar-refractivity contribution in [2.24, 2.45) is 20.5 Å². The van der Waals surface area contributed by atoms with Crippen molar-refractivity contribution in [1.82, 2.24) is 0 Å². The number of rotatable bonds is 6. The minimum atomic E-state index is 0.282. The highest BCUT2D eigenvalue weighted by molar-refractivity contribution is 5.53. The first kappa shape index (κ1) is 23.6. The maximum atomic E-state index is 9.88. The van der Waals surface area contributed by atoms with Crippen LogP contribution in [-0.4, -0.2) is 10.2 Å². The lowest BCUT2D eigenvalue weighted by Gasteiger charge is -2.06. The molecule has 0 heterocycles. The van der Waals surface area contributed by atoms with Crippen LogP contribution in [0.2, 0.25) is 0 Å². The number of hydrogen-bond acceptors (Lipinski definition) is 7. The molecule has 35 heavy (non-hydrogen) atoms. The Kier molecular flexibility index (Phi) is 6.87. The van der Waals surface area contributed by atoms with E-state index in [2.05, 4.69) is 20.5 Å². The summed E-state index contributed by atoms with van der Waals surface area (Å²) in [6.07, 6.45) is 0. The molecule has 176 valence electrons. The van der Waals surface area contributed by atoms with Crippen LogP contribution in [0.1, 0.15) is 22.3 Å². The Morgan fingerprint density at radius 3 is 1.06 bits per heavy atom. The van der Waals surface area contributed by atoms with Gasteiger partial charge in [0.1, 0.15) is 23.0 Å². The van der Waals surface area contributed by atoms with Crippen LogP contribution in [0.15, 0.2) is 93.3 Å². The molecule has 0 bridgehead atoms. The second kappa shape index (κ2) is 10.2. The summed E-state index contributed by atoms with van der Waals surface area (Å²) in [5.74, 6) is 1.91. The van der Waals surface area contributed by atoms with Crippen LogP contribution in [0.5, 0.6) is 23.0 Å². The van der Waals surface area contributed by atoms with Gasteiger partial charge in [-0.25, -0.2) is 0 Å². The molecule has 7 heteroatoms. The molecule has 4 aromatic carbocycles. The van der Waals surface area contributed by atoms with Gasteiger partial charge in [0.15, 0.2) is 0 Å². The molecule has 0 saturated carbocycles. The first-order valence-corrected chi connectivity index (χ1v) is 11.1. The van der Waals surface area contributed by atoms with E-state index in [1.54, 1.807) is 24.3 Å². The largest absolute Gasteiger partial charge is 0.507 e. The Morgan fingerprint density at radius 1 is 0.457 bits per heavy atom. The third kappa shape index (κ3) is 5.89. The summed E-state index contributed by atoms with van der Waals surface area (Å²) < 4.78 is 5.90. The van der Waals surface area contributed by atoms with Crippen molar-refractivity contribution < 1.29 is 14.9 Å². The fourth-order valence-electron chi connectivity index (χ4n) is 3.51. The molecule has 0 radical (unpaired) electrons. The lowest BCUT2D eigenvalue weighted by Crippen LogP contribution is -1.82. The second-order valence-corrected chi connectivity index (χ2v) is 8.35. The highest BCUT2D eigenvalue weighted by Gasteiger charge is 2.04. The molecular formula is C28H26N4O3. The van der Waals surface area contributed by atoms with Crippen molar-refractivity contribution in [2.75, 3.05) is 0 Å². The van der Waals surface area contributed by atoms with E-state index >= 15 is 0 Å². The zero-order valence-corrected chi connectivity index (χ0v) is 20.0. The van der Waals surface area contributed by atoms with Crippen molar-refractivity contribution in [3.8, 4) is 23.0 Å². The minimum Gasteiger partial charge on any atom is -0.507 e. The van der Waals surface area contributed by atoms with Crippen LogP contribution in [-0.2, 0) is 0 Å². The molecule has 0 spiro atoms. The Hall–Kier alpha value is -4.52. The molecule has 0 aliphatic heterocycles. The Morgan fingerprint density at radius 2 is 0.743 bits per heavy atom. The summed E-state index contributed by atoms with van der Waals surface area (Å²) >= 11 is 0. The molecule has 7 nitrogen and oxygen atoms in total. The zero-order chi connectivity index (χ0) is 24.9. The number of aryl methyl sites for hydroxylation is 4. The average Bonchev–Trinajstić information content (AvgIpc) is 2.85. The van der Waals surface area contributed by atoms with Gasteiger partial charge in [-0.1, -0.05) is 0 Å². The summed E-state index contributed by atoms with van der Waals surface area (Å²) in [6.45, 7) is 7.33. The lowest BCUT2D eigenvalue weighted by atomic mass is 10.1. The molecule has 4 rings (SSSR count). The normalized spacial score (nSPS) is 11.4. The van der Waals surface area contributed by atoms with Gasteiger partial charge in [-0.15, -0.1) is 0 Å². The quantitative estimate of drug-likeness (QED) is 0.277. The van der Waals surface area contributed by atoms with E-state index in [0.29, 0.717) is 34.2 Å². The maximum Gasteiger partial charge on any atom is 0.127 e. The monoisotopic (exact) mass is 466 g/mol. The number of ether oxygens (including phenoxy) is 1. The summed E-state index contributed by atoms with van der Waals surface area (Å²) in [6, 6.07) is 21.8. The molecule has 2 N–H and O–H groups in total. The van der Waals surface area contributed by atoms with Crippen LogP contribution in [0.3, 0.4) is 0 Å². The summed E-state index contributed by atoms with van der Waals surface area (Å²) in [4.78, 5) is 0. The summed E-state index contributed by atoms with van der Waals surface area (Å²) in [5.41, 5.74) is 5.81. The predicted octanol–water partition coefficient (Wildman–Crippen LogP) is 8.95. The molecule has 0 aromatic heterocycles. The Labute approximate surface area is 204 Å². The molecule has 0 saturated heterocycles. The maximum absolute atomic E-state index is 9.88. The molecular weight excluding hydrogens is 440 g/mol. The second-order valence-electron chi connectivity index (χ2n) is 8.35. The standard InChI is InChI=1S/C28H26N4O3/c1-17-13-23(14-18(2)27(17)33)31-29-21-5-9-25(10-6-21)35-26-11-7-22(8-12-26)30-32-24-15-19(3)28(34)20(4)16-24/h5-16,33-34H,1-4H3. The van der Waals surface area contributed by atoms with Crippen molar-refractivity contribution in [3.05, 3.63) is 95.1 Å². The number of benzene rings is 4. The Bertz CT molecular complexity index is 1250. The van der Waals surface area contributed by atoms with Crippen LogP contribution < -0.4 is 4.74 Å². The minimum absolute atomic E-state index is 0.282. The van der Waals surface area contributed by atoms with Crippen LogP contribution in [0.4, 0.5) is 22.7 Å². The van der Waals surface area contributed by atoms with Gasteiger partial charge in [0.25, 0.3) is 0 Å². The number of phenolic OH excluding ortho intramolecular Hbond substituents is 2. The van der Waals surface area contributed by atoms with E-state index in [1.807, 2.05) is 76.2 Å². The van der Waals surface area contributed by atoms with E-state index < -0.39 is 0 Å². The fourth-order valence-corrected chi connectivity index (χ4v) is 3.51. The molecule has 0 amide bonds. The number of nitrogens with zero attached hydrogens (tertiary/aromatic N) is 4. The van der Waals surface area contributed by atoms with Crippen molar-refractivity contribution in [3.63, 3.8) is 0 Å². The lowest BCUT2D eigenvalue weighted by molar-refractivity contribution is 0.466. The smallest absolute Gasteiger partial charge is 0.127 e. The SMILES string of the molecule is Cc1cc(N=Nc2ccc(Oc3ccc(N=Nc4cc(C)c(O)c(C)c4)cc3)cc2)cc(C)c1O. The van der Waals surface area contributed by atoms with Gasteiger partial charge < -0.3 is 14.9 Å². The summed E-state index contributed by atoms with van der Waals surface area (Å²) in [7, 11) is 0. The van der Waals surface area contributed by atoms with Crippen LogP contribution in [0.25, 0.3) is 0 Å². The van der Waals surface area contributed by atoms with Gasteiger partial charge in [0.2, 0.25) is 0 Å². The van der Waals surface area contributed by atoms with Crippen molar-refractivity contribution >= 4 is 22.7 Å². The van der Waals surface area contributed by atoms with Crippen LogP contribution in [0, 0.1) is 27.7 Å². The first-order valence-electron chi connectivity index (χ1n) is 11.1. The van der Waals surface area contributed by atoms with Gasteiger partial charge in [-0.3, -0.25) is 0 Å². The molecule has 0 aliphatic carbocycles. The molecule has 0 unspecified atom stereocenters. The average molecular weight is 467 g/mol. The predicted molar refractivity (Wildman–Crippen MR) is 136 cm³/mol. The zero-order valence-electron chi connectivity index (χ0n) is 20.0. The van der Waals surface area contributed by atoms with Crippen LogP contribution >= 0.6 is 0 Å². The first-order chi connectivity index (χ1) is 16.8. The number of aromatic hydroxyl groups is 2. The van der Waals surface area contributed by atoms with Gasteiger partial charge in [-0.2, -0.15) is 20.5 Å². The van der Waals surface area contributed by atoms with E-state index in [0.717, 1.165) is 22.3 Å². The number of azo groups is 2. The topological polar surface area (TPSA) is 99.1 Å². The van der Waals surface area contributed by atoms with Crippen molar-refractivity contribution in [1.29, 1.82) is 0 Å². The van der Waals surface area contributed by atoms with Gasteiger partial charge in [-0.05, 0) is 123 Å².